The van der Waals surface area contributed by atoms with E-state index in [1.54, 1.807) is 4.90 Å². The number of likely N-dealkylation sites (tertiary alicyclic amines) is 1. The lowest BCUT2D eigenvalue weighted by Crippen LogP contribution is -2.25. The Morgan fingerprint density at radius 1 is 1.44 bits per heavy atom. The van der Waals surface area contributed by atoms with E-state index in [1.807, 2.05) is 24.3 Å². The van der Waals surface area contributed by atoms with Gasteiger partial charge in [0.25, 0.3) is 0 Å². The summed E-state index contributed by atoms with van der Waals surface area (Å²) < 4.78 is 0. The second kappa shape index (κ2) is 4.53. The zero-order valence-corrected chi connectivity index (χ0v) is 9.10. The van der Waals surface area contributed by atoms with E-state index in [-0.39, 0.29) is 18.4 Å². The number of rotatable bonds is 3. The maximum Gasteiger partial charge on any atom is 0.223 e. The lowest BCUT2D eigenvalue weighted by molar-refractivity contribution is -0.128. The van der Waals surface area contributed by atoms with Gasteiger partial charge >= 0.3 is 0 Å². The SMILES string of the molecule is Nc1ccccc1CN1CC(CO)CC1=O. The maximum absolute atomic E-state index is 11.6. The number of hydrogen-bond donors (Lipinski definition) is 2. The molecular formula is C12H16N2O2. The molecule has 4 heteroatoms. The van der Waals surface area contributed by atoms with Crippen LogP contribution in [0.5, 0.6) is 0 Å². The summed E-state index contributed by atoms with van der Waals surface area (Å²) in [5, 5.41) is 9.02. The highest BCUT2D eigenvalue weighted by atomic mass is 16.3. The third-order valence-electron chi connectivity index (χ3n) is 2.97. The molecule has 1 amide bonds. The Balaban J connectivity index is 2.06. The minimum absolute atomic E-state index is 0.0759. The number of nitrogens with two attached hydrogens (primary N) is 1. The first-order valence-electron chi connectivity index (χ1n) is 5.42. The number of carbonyl (C=O) groups excluding carboxylic acids is 1. The Morgan fingerprint density at radius 2 is 2.19 bits per heavy atom. The van der Waals surface area contributed by atoms with Crippen molar-refractivity contribution in [3.8, 4) is 0 Å². The first-order chi connectivity index (χ1) is 7.70. The molecule has 0 spiro atoms. The van der Waals surface area contributed by atoms with E-state index in [1.165, 1.54) is 0 Å². The van der Waals surface area contributed by atoms with Crippen LogP contribution in [0, 0.1) is 5.92 Å². The molecule has 0 saturated carbocycles. The Kier molecular flexibility index (Phi) is 3.10. The molecule has 2 rings (SSSR count). The number of benzene rings is 1. The van der Waals surface area contributed by atoms with Crippen LogP contribution in [0.15, 0.2) is 24.3 Å². The highest BCUT2D eigenvalue weighted by Gasteiger charge is 2.28. The van der Waals surface area contributed by atoms with Gasteiger partial charge in [-0.15, -0.1) is 0 Å². The van der Waals surface area contributed by atoms with Gasteiger partial charge in [-0.3, -0.25) is 4.79 Å². The topological polar surface area (TPSA) is 66.6 Å². The zero-order valence-electron chi connectivity index (χ0n) is 9.10. The second-order valence-corrected chi connectivity index (χ2v) is 4.23. The molecule has 1 fully saturated rings. The summed E-state index contributed by atoms with van der Waals surface area (Å²) in [6, 6.07) is 7.55. The molecule has 1 aliphatic heterocycles. The van der Waals surface area contributed by atoms with Gasteiger partial charge in [-0.1, -0.05) is 18.2 Å². The van der Waals surface area contributed by atoms with Crippen molar-refractivity contribution in [3.05, 3.63) is 29.8 Å². The third-order valence-corrected chi connectivity index (χ3v) is 2.97. The summed E-state index contributed by atoms with van der Waals surface area (Å²) in [7, 11) is 0. The summed E-state index contributed by atoms with van der Waals surface area (Å²) >= 11 is 0. The van der Waals surface area contributed by atoms with Crippen LogP contribution >= 0.6 is 0 Å². The van der Waals surface area contributed by atoms with Gasteiger partial charge in [0.2, 0.25) is 5.91 Å². The quantitative estimate of drug-likeness (QED) is 0.733. The number of nitrogens with zero attached hydrogens (tertiary/aromatic N) is 1. The smallest absolute Gasteiger partial charge is 0.223 e. The Hall–Kier alpha value is -1.55. The molecule has 86 valence electrons. The zero-order chi connectivity index (χ0) is 11.5. The average Bonchev–Trinajstić information content (AvgIpc) is 2.63. The fourth-order valence-electron chi connectivity index (χ4n) is 2.01. The molecule has 1 aliphatic rings. The minimum atomic E-state index is 0.0759. The van der Waals surface area contributed by atoms with Gasteiger partial charge in [-0.2, -0.15) is 0 Å². The summed E-state index contributed by atoms with van der Waals surface area (Å²) in [5.41, 5.74) is 7.50. The molecule has 0 aliphatic carbocycles. The molecular weight excluding hydrogens is 204 g/mol. The van der Waals surface area contributed by atoms with Crippen LogP contribution in [0.2, 0.25) is 0 Å². The van der Waals surface area contributed by atoms with Gasteiger partial charge in [-0.25, -0.2) is 0 Å². The number of aliphatic hydroxyl groups excluding tert-OH is 1. The normalized spacial score (nSPS) is 20.4. The van der Waals surface area contributed by atoms with Gasteiger partial charge in [0.05, 0.1) is 0 Å². The summed E-state index contributed by atoms with van der Waals surface area (Å²) in [4.78, 5) is 13.4. The summed E-state index contributed by atoms with van der Waals surface area (Å²) in [5.74, 6) is 0.180. The number of amides is 1. The molecule has 3 N–H and O–H groups in total. The predicted octanol–water partition coefficient (Wildman–Crippen LogP) is 0.610. The fraction of sp³-hybridized carbons (Fsp3) is 0.417. The molecule has 1 unspecified atom stereocenters. The van der Waals surface area contributed by atoms with Crippen LogP contribution in [0.4, 0.5) is 5.69 Å². The molecule has 1 aromatic carbocycles. The van der Waals surface area contributed by atoms with Crippen molar-refractivity contribution in [1.82, 2.24) is 4.90 Å². The average molecular weight is 220 g/mol. The van der Waals surface area contributed by atoms with Crippen molar-refractivity contribution >= 4 is 11.6 Å². The molecule has 1 aromatic rings. The Bertz CT molecular complexity index is 392. The third kappa shape index (κ3) is 2.17. The second-order valence-electron chi connectivity index (χ2n) is 4.23. The van der Waals surface area contributed by atoms with E-state index < -0.39 is 0 Å². The van der Waals surface area contributed by atoms with E-state index in [4.69, 9.17) is 10.8 Å². The maximum atomic E-state index is 11.6. The van der Waals surface area contributed by atoms with Crippen LogP contribution in [0.25, 0.3) is 0 Å². The molecule has 16 heavy (non-hydrogen) atoms. The molecule has 4 nitrogen and oxygen atoms in total. The van der Waals surface area contributed by atoms with Crippen molar-refractivity contribution in [3.63, 3.8) is 0 Å². The molecule has 1 atom stereocenters. The number of para-hydroxylation sites is 1. The molecule has 1 saturated heterocycles. The monoisotopic (exact) mass is 220 g/mol. The van der Waals surface area contributed by atoms with Gasteiger partial charge in [0.1, 0.15) is 0 Å². The summed E-state index contributed by atoms with van der Waals surface area (Å²) in [6.45, 7) is 1.25. The highest BCUT2D eigenvalue weighted by molar-refractivity contribution is 5.78. The van der Waals surface area contributed by atoms with Crippen LogP contribution < -0.4 is 5.73 Å². The number of nitrogen functional groups attached to an aromatic ring is 1. The standard InChI is InChI=1S/C12H16N2O2/c13-11-4-2-1-3-10(11)7-14-6-9(8-15)5-12(14)16/h1-4,9,15H,5-8,13H2. The van der Waals surface area contributed by atoms with E-state index in [0.717, 1.165) is 5.56 Å². The fourth-order valence-corrected chi connectivity index (χ4v) is 2.01. The lowest BCUT2D eigenvalue weighted by Gasteiger charge is -2.17. The highest BCUT2D eigenvalue weighted by Crippen LogP contribution is 2.21. The number of aliphatic hydroxyl groups is 1. The predicted molar refractivity (Wildman–Crippen MR) is 61.5 cm³/mol. The van der Waals surface area contributed by atoms with Crippen molar-refractivity contribution in [2.75, 3.05) is 18.9 Å². The van der Waals surface area contributed by atoms with Gasteiger partial charge in [-0.05, 0) is 11.6 Å². The van der Waals surface area contributed by atoms with Crippen molar-refractivity contribution < 1.29 is 9.90 Å². The van der Waals surface area contributed by atoms with E-state index >= 15 is 0 Å². The van der Waals surface area contributed by atoms with Crippen LogP contribution in [-0.2, 0) is 11.3 Å². The van der Waals surface area contributed by atoms with E-state index in [0.29, 0.717) is 25.2 Å². The van der Waals surface area contributed by atoms with Gasteiger partial charge in [0.15, 0.2) is 0 Å². The summed E-state index contributed by atoms with van der Waals surface area (Å²) in [6.07, 6.45) is 0.448. The Labute approximate surface area is 94.7 Å². The molecule has 1 heterocycles. The Morgan fingerprint density at radius 3 is 2.81 bits per heavy atom. The minimum Gasteiger partial charge on any atom is -0.398 e. The van der Waals surface area contributed by atoms with Gasteiger partial charge in [0, 0.05) is 37.7 Å². The van der Waals surface area contributed by atoms with Crippen LogP contribution in [0.3, 0.4) is 0 Å². The lowest BCUT2D eigenvalue weighted by atomic mass is 10.1. The van der Waals surface area contributed by atoms with Crippen molar-refractivity contribution in [2.45, 2.75) is 13.0 Å². The van der Waals surface area contributed by atoms with Crippen molar-refractivity contribution in [2.24, 2.45) is 5.92 Å². The number of carbonyl (C=O) groups is 1. The number of hydrogen-bond acceptors (Lipinski definition) is 3. The largest absolute Gasteiger partial charge is 0.398 e. The van der Waals surface area contributed by atoms with Gasteiger partial charge < -0.3 is 15.7 Å². The molecule has 0 aromatic heterocycles. The number of anilines is 1. The molecule has 0 radical (unpaired) electrons. The van der Waals surface area contributed by atoms with E-state index in [9.17, 15) is 4.79 Å². The first kappa shape index (κ1) is 11.0. The van der Waals surface area contributed by atoms with Crippen LogP contribution in [-0.4, -0.2) is 29.1 Å². The first-order valence-corrected chi connectivity index (χ1v) is 5.42. The molecule has 0 bridgehead atoms. The van der Waals surface area contributed by atoms with Crippen LogP contribution in [0.1, 0.15) is 12.0 Å². The van der Waals surface area contributed by atoms with Crippen molar-refractivity contribution in [1.29, 1.82) is 0 Å². The van der Waals surface area contributed by atoms with E-state index in [2.05, 4.69) is 0 Å².